The predicted octanol–water partition coefficient (Wildman–Crippen LogP) is 2.05. The molecule has 0 aromatic rings. The highest BCUT2D eigenvalue weighted by atomic mass is 16.5. The van der Waals surface area contributed by atoms with Crippen molar-refractivity contribution < 1.29 is 14.6 Å². The number of aliphatic hydroxyl groups is 1. The summed E-state index contributed by atoms with van der Waals surface area (Å²) in [4.78, 5) is 11.9. The largest absolute Gasteiger partial charge is 0.465 e. The summed E-state index contributed by atoms with van der Waals surface area (Å²) in [5.41, 5.74) is -0.695. The Kier molecular flexibility index (Phi) is 4.33. The molecule has 0 heterocycles. The van der Waals surface area contributed by atoms with E-state index < -0.39 is 11.5 Å². The Morgan fingerprint density at radius 1 is 1.47 bits per heavy atom. The SMILES string of the molecule is CCOC(=O)C1([C@H](C)O)CCC=CCC1. The monoisotopic (exact) mass is 212 g/mol. The highest BCUT2D eigenvalue weighted by molar-refractivity contribution is 5.77. The van der Waals surface area contributed by atoms with Crippen molar-refractivity contribution in [1.82, 2.24) is 0 Å². The van der Waals surface area contributed by atoms with Crippen LogP contribution < -0.4 is 0 Å². The Labute approximate surface area is 91.1 Å². The van der Waals surface area contributed by atoms with Crippen molar-refractivity contribution in [3.05, 3.63) is 12.2 Å². The number of allylic oxidation sites excluding steroid dienone is 2. The van der Waals surface area contributed by atoms with Gasteiger partial charge in [0.25, 0.3) is 0 Å². The van der Waals surface area contributed by atoms with Crippen LogP contribution in [0.1, 0.15) is 39.5 Å². The molecule has 0 aromatic heterocycles. The summed E-state index contributed by atoms with van der Waals surface area (Å²) >= 11 is 0. The molecule has 0 unspecified atom stereocenters. The Hall–Kier alpha value is -0.830. The smallest absolute Gasteiger partial charge is 0.314 e. The van der Waals surface area contributed by atoms with Crippen molar-refractivity contribution in [3.8, 4) is 0 Å². The lowest BCUT2D eigenvalue weighted by Crippen LogP contribution is -2.42. The van der Waals surface area contributed by atoms with E-state index in [9.17, 15) is 9.90 Å². The summed E-state index contributed by atoms with van der Waals surface area (Å²) in [5, 5.41) is 9.82. The summed E-state index contributed by atoms with van der Waals surface area (Å²) < 4.78 is 5.07. The summed E-state index contributed by atoms with van der Waals surface area (Å²) in [6.07, 6.45) is 6.54. The van der Waals surface area contributed by atoms with Crippen LogP contribution in [0, 0.1) is 5.41 Å². The van der Waals surface area contributed by atoms with Gasteiger partial charge in [0.15, 0.2) is 0 Å². The van der Waals surface area contributed by atoms with E-state index in [1.807, 2.05) is 0 Å². The molecule has 3 nitrogen and oxygen atoms in total. The third kappa shape index (κ3) is 2.59. The Bertz CT molecular complexity index is 233. The van der Waals surface area contributed by atoms with Crippen LogP contribution >= 0.6 is 0 Å². The zero-order valence-electron chi connectivity index (χ0n) is 9.53. The summed E-state index contributed by atoms with van der Waals surface area (Å²) in [5.74, 6) is -0.247. The third-order valence-electron chi connectivity index (χ3n) is 3.16. The quantitative estimate of drug-likeness (QED) is 0.575. The van der Waals surface area contributed by atoms with E-state index in [1.165, 1.54) is 0 Å². The number of rotatable bonds is 3. The molecule has 0 saturated heterocycles. The molecule has 15 heavy (non-hydrogen) atoms. The van der Waals surface area contributed by atoms with Crippen molar-refractivity contribution >= 4 is 5.97 Å². The zero-order valence-corrected chi connectivity index (χ0v) is 9.53. The maximum Gasteiger partial charge on any atom is 0.314 e. The first-order valence-electron chi connectivity index (χ1n) is 5.64. The minimum absolute atomic E-state index is 0.247. The van der Waals surface area contributed by atoms with Crippen molar-refractivity contribution in [2.75, 3.05) is 6.61 Å². The average Bonchev–Trinajstić information content (AvgIpc) is 2.43. The number of ether oxygens (including phenoxy) is 1. The fourth-order valence-electron chi connectivity index (χ4n) is 2.11. The number of aliphatic hydroxyl groups excluding tert-OH is 1. The first-order valence-corrected chi connectivity index (χ1v) is 5.64. The van der Waals surface area contributed by atoms with Crippen LogP contribution in [0.4, 0.5) is 0 Å². The second kappa shape index (κ2) is 5.31. The van der Waals surface area contributed by atoms with Gasteiger partial charge in [0.05, 0.1) is 18.1 Å². The van der Waals surface area contributed by atoms with Gasteiger partial charge >= 0.3 is 5.97 Å². The Balaban J connectivity index is 2.82. The summed E-state index contributed by atoms with van der Waals surface area (Å²) in [6.45, 7) is 3.85. The van der Waals surface area contributed by atoms with E-state index in [2.05, 4.69) is 12.2 Å². The minimum atomic E-state index is -0.695. The third-order valence-corrected chi connectivity index (χ3v) is 3.16. The molecule has 0 radical (unpaired) electrons. The van der Waals surface area contributed by atoms with Gasteiger partial charge in [0.1, 0.15) is 0 Å². The molecule has 1 N–H and O–H groups in total. The van der Waals surface area contributed by atoms with Crippen molar-refractivity contribution in [3.63, 3.8) is 0 Å². The number of carbonyl (C=O) groups is 1. The van der Waals surface area contributed by atoms with Crippen LogP contribution in [0.2, 0.25) is 0 Å². The first-order chi connectivity index (χ1) is 7.13. The van der Waals surface area contributed by atoms with Crippen LogP contribution in [0.3, 0.4) is 0 Å². The van der Waals surface area contributed by atoms with E-state index in [0.29, 0.717) is 19.4 Å². The lowest BCUT2D eigenvalue weighted by atomic mass is 9.76. The molecule has 0 amide bonds. The van der Waals surface area contributed by atoms with Crippen molar-refractivity contribution in [2.45, 2.75) is 45.6 Å². The van der Waals surface area contributed by atoms with Gasteiger partial charge in [-0.3, -0.25) is 4.79 Å². The van der Waals surface area contributed by atoms with Gasteiger partial charge in [-0.15, -0.1) is 0 Å². The standard InChI is InChI=1S/C12H20O3/c1-3-15-11(14)12(10(2)13)8-6-4-5-7-9-12/h4-5,10,13H,3,6-9H2,1-2H3/t10-/m0/s1. The van der Waals surface area contributed by atoms with E-state index in [-0.39, 0.29) is 5.97 Å². The molecule has 86 valence electrons. The molecule has 1 aliphatic rings. The molecule has 0 spiro atoms. The van der Waals surface area contributed by atoms with Crippen LogP contribution in [0.5, 0.6) is 0 Å². The predicted molar refractivity (Wildman–Crippen MR) is 58.4 cm³/mol. The van der Waals surface area contributed by atoms with Gasteiger partial charge in [0, 0.05) is 0 Å². The molecular weight excluding hydrogens is 192 g/mol. The molecule has 0 aromatic carbocycles. The Morgan fingerprint density at radius 3 is 2.40 bits per heavy atom. The van der Waals surface area contributed by atoms with Crippen LogP contribution in [-0.4, -0.2) is 23.8 Å². The summed E-state index contributed by atoms with van der Waals surface area (Å²) in [7, 11) is 0. The van der Waals surface area contributed by atoms with Crippen LogP contribution in [0.15, 0.2) is 12.2 Å². The lowest BCUT2D eigenvalue weighted by molar-refractivity contribution is -0.163. The first kappa shape index (κ1) is 12.2. The topological polar surface area (TPSA) is 46.5 Å². The molecule has 3 heteroatoms. The fraction of sp³-hybridized carbons (Fsp3) is 0.750. The highest BCUT2D eigenvalue weighted by Gasteiger charge is 2.43. The number of carbonyl (C=O) groups excluding carboxylic acids is 1. The van der Waals surface area contributed by atoms with Gasteiger partial charge in [-0.05, 0) is 39.5 Å². The molecule has 1 atom stereocenters. The van der Waals surface area contributed by atoms with Gasteiger partial charge in [0.2, 0.25) is 0 Å². The average molecular weight is 212 g/mol. The molecular formula is C12H20O3. The molecule has 0 aliphatic heterocycles. The minimum Gasteiger partial charge on any atom is -0.465 e. The van der Waals surface area contributed by atoms with E-state index >= 15 is 0 Å². The van der Waals surface area contributed by atoms with Crippen molar-refractivity contribution in [2.24, 2.45) is 5.41 Å². The lowest BCUT2D eigenvalue weighted by Gasteiger charge is -2.32. The number of hydrogen-bond donors (Lipinski definition) is 1. The maximum absolute atomic E-state index is 11.9. The zero-order chi connectivity index (χ0) is 11.3. The number of esters is 1. The highest BCUT2D eigenvalue weighted by Crippen LogP contribution is 2.37. The molecule has 1 aliphatic carbocycles. The van der Waals surface area contributed by atoms with Crippen molar-refractivity contribution in [1.29, 1.82) is 0 Å². The maximum atomic E-state index is 11.9. The molecule has 0 bridgehead atoms. The van der Waals surface area contributed by atoms with Gasteiger partial charge in [-0.2, -0.15) is 0 Å². The van der Waals surface area contributed by atoms with Crippen LogP contribution in [0.25, 0.3) is 0 Å². The second-order valence-electron chi connectivity index (χ2n) is 4.10. The normalized spacial score (nSPS) is 21.8. The van der Waals surface area contributed by atoms with E-state index in [4.69, 9.17) is 4.74 Å². The molecule has 1 rings (SSSR count). The molecule has 0 fully saturated rings. The Morgan fingerprint density at radius 2 is 2.00 bits per heavy atom. The summed E-state index contributed by atoms with van der Waals surface area (Å²) in [6, 6.07) is 0. The molecule has 0 saturated carbocycles. The van der Waals surface area contributed by atoms with E-state index in [0.717, 1.165) is 12.8 Å². The van der Waals surface area contributed by atoms with Crippen LogP contribution in [-0.2, 0) is 9.53 Å². The fourth-order valence-corrected chi connectivity index (χ4v) is 2.11. The van der Waals surface area contributed by atoms with Gasteiger partial charge < -0.3 is 9.84 Å². The van der Waals surface area contributed by atoms with E-state index in [1.54, 1.807) is 13.8 Å². The second-order valence-corrected chi connectivity index (χ2v) is 4.10. The number of hydrogen-bond acceptors (Lipinski definition) is 3. The van der Waals surface area contributed by atoms with Gasteiger partial charge in [-0.1, -0.05) is 12.2 Å². The van der Waals surface area contributed by atoms with Gasteiger partial charge in [-0.25, -0.2) is 0 Å².